The number of hydrogen-bond donors (Lipinski definition) is 2. The van der Waals surface area contributed by atoms with Crippen LogP contribution in [0, 0.1) is 12.3 Å². The van der Waals surface area contributed by atoms with Crippen molar-refractivity contribution in [2.75, 3.05) is 6.54 Å². The van der Waals surface area contributed by atoms with Gasteiger partial charge in [-0.25, -0.2) is 0 Å². The number of hydrogen-bond acceptors (Lipinski definition) is 2. The zero-order chi connectivity index (χ0) is 13.1. The topological polar surface area (TPSA) is 55.1 Å². The van der Waals surface area contributed by atoms with Gasteiger partial charge < -0.3 is 11.1 Å². The number of carbonyl (C=O) groups is 1. The Kier molecular flexibility index (Phi) is 4.29. The van der Waals surface area contributed by atoms with Gasteiger partial charge in [0.15, 0.2) is 0 Å². The first-order valence-electron chi connectivity index (χ1n) is 5.93. The molecule has 0 aromatic heterocycles. The molecule has 0 unspecified atom stereocenters. The number of rotatable bonds is 5. The van der Waals surface area contributed by atoms with E-state index in [2.05, 4.69) is 37.4 Å². The van der Waals surface area contributed by atoms with Crippen LogP contribution in [0.15, 0.2) is 24.3 Å². The van der Waals surface area contributed by atoms with Crippen molar-refractivity contribution >= 4 is 5.91 Å². The van der Waals surface area contributed by atoms with Gasteiger partial charge in [-0.3, -0.25) is 4.79 Å². The summed E-state index contributed by atoms with van der Waals surface area (Å²) in [4.78, 5) is 11.2. The Hall–Kier alpha value is -1.35. The highest BCUT2D eigenvalue weighted by Gasteiger charge is 2.25. The van der Waals surface area contributed by atoms with Crippen LogP contribution in [0.5, 0.6) is 0 Å². The van der Waals surface area contributed by atoms with Gasteiger partial charge >= 0.3 is 0 Å². The maximum absolute atomic E-state index is 11.2. The van der Waals surface area contributed by atoms with E-state index in [1.54, 1.807) is 0 Å². The molecule has 1 amide bonds. The summed E-state index contributed by atoms with van der Waals surface area (Å²) in [6.45, 7) is 8.45. The van der Waals surface area contributed by atoms with Crippen LogP contribution in [0.2, 0.25) is 0 Å². The molecule has 17 heavy (non-hydrogen) atoms. The lowest BCUT2D eigenvalue weighted by Gasteiger charge is -2.24. The fourth-order valence-corrected chi connectivity index (χ4v) is 1.55. The molecule has 0 fully saturated rings. The molecule has 94 valence electrons. The Morgan fingerprint density at radius 2 is 2.12 bits per heavy atom. The van der Waals surface area contributed by atoms with Crippen molar-refractivity contribution in [2.24, 2.45) is 11.1 Å². The summed E-state index contributed by atoms with van der Waals surface area (Å²) in [5.41, 5.74) is 7.29. The van der Waals surface area contributed by atoms with E-state index in [9.17, 15) is 4.79 Å². The third kappa shape index (κ3) is 3.86. The summed E-state index contributed by atoms with van der Waals surface area (Å²) >= 11 is 0. The maximum atomic E-state index is 11.2. The number of amides is 1. The second kappa shape index (κ2) is 5.32. The fraction of sp³-hybridized carbons (Fsp3) is 0.500. The van der Waals surface area contributed by atoms with Crippen LogP contribution in [-0.4, -0.2) is 12.5 Å². The van der Waals surface area contributed by atoms with Crippen molar-refractivity contribution < 1.29 is 4.79 Å². The standard InChI is InChI=1S/C14H22N2O/c1-10-6-5-7-12(8-10)11(2)16-9-14(3,4)13(15)17/h5-8,11,16H,9H2,1-4H3,(H2,15,17)/t11-/m1/s1. The zero-order valence-electron chi connectivity index (χ0n) is 11.1. The molecule has 3 nitrogen and oxygen atoms in total. The van der Waals surface area contributed by atoms with Gasteiger partial charge in [0.25, 0.3) is 0 Å². The van der Waals surface area contributed by atoms with Crippen molar-refractivity contribution in [3.05, 3.63) is 35.4 Å². The minimum absolute atomic E-state index is 0.216. The number of benzene rings is 1. The number of aryl methyl sites for hydroxylation is 1. The average Bonchev–Trinajstić information content (AvgIpc) is 2.25. The summed E-state index contributed by atoms with van der Waals surface area (Å²) in [7, 11) is 0. The number of nitrogens with two attached hydrogens (primary N) is 1. The lowest BCUT2D eigenvalue weighted by molar-refractivity contribution is -0.125. The first-order chi connectivity index (χ1) is 7.83. The molecule has 0 spiro atoms. The molecule has 1 aromatic carbocycles. The smallest absolute Gasteiger partial charge is 0.224 e. The minimum atomic E-state index is -0.516. The van der Waals surface area contributed by atoms with Gasteiger partial charge in [-0.1, -0.05) is 29.8 Å². The van der Waals surface area contributed by atoms with Crippen molar-refractivity contribution in [3.8, 4) is 0 Å². The van der Waals surface area contributed by atoms with Gasteiger partial charge in [0.2, 0.25) is 5.91 Å². The molecular formula is C14H22N2O. The quantitative estimate of drug-likeness (QED) is 0.820. The maximum Gasteiger partial charge on any atom is 0.224 e. The van der Waals surface area contributed by atoms with Crippen LogP contribution in [0.25, 0.3) is 0 Å². The molecular weight excluding hydrogens is 212 g/mol. The zero-order valence-corrected chi connectivity index (χ0v) is 11.1. The molecule has 0 aliphatic carbocycles. The van der Waals surface area contributed by atoms with Crippen LogP contribution in [0.3, 0.4) is 0 Å². The van der Waals surface area contributed by atoms with E-state index >= 15 is 0 Å². The van der Waals surface area contributed by atoms with Gasteiger partial charge in [0.05, 0.1) is 5.41 Å². The summed E-state index contributed by atoms with van der Waals surface area (Å²) in [6, 6.07) is 8.57. The van der Waals surface area contributed by atoms with E-state index in [1.807, 2.05) is 19.9 Å². The van der Waals surface area contributed by atoms with Gasteiger partial charge in [0, 0.05) is 12.6 Å². The van der Waals surface area contributed by atoms with Crippen molar-refractivity contribution in [1.29, 1.82) is 0 Å². The summed E-state index contributed by atoms with van der Waals surface area (Å²) < 4.78 is 0. The van der Waals surface area contributed by atoms with Crippen LogP contribution in [0.1, 0.15) is 37.9 Å². The molecule has 1 rings (SSSR count). The predicted molar refractivity (Wildman–Crippen MR) is 70.6 cm³/mol. The Balaban J connectivity index is 2.62. The van der Waals surface area contributed by atoms with E-state index in [0.717, 1.165) is 0 Å². The normalized spacial score (nSPS) is 13.4. The second-order valence-electron chi connectivity index (χ2n) is 5.26. The van der Waals surface area contributed by atoms with Crippen molar-refractivity contribution in [1.82, 2.24) is 5.32 Å². The van der Waals surface area contributed by atoms with Crippen LogP contribution in [-0.2, 0) is 4.79 Å². The molecule has 0 bridgehead atoms. The summed E-state index contributed by atoms with van der Waals surface area (Å²) in [5.74, 6) is -0.276. The third-order valence-corrected chi connectivity index (χ3v) is 3.06. The van der Waals surface area contributed by atoms with E-state index in [4.69, 9.17) is 5.73 Å². The molecule has 3 N–H and O–H groups in total. The van der Waals surface area contributed by atoms with Crippen molar-refractivity contribution in [2.45, 2.75) is 33.7 Å². The van der Waals surface area contributed by atoms with Crippen LogP contribution in [0.4, 0.5) is 0 Å². The molecule has 0 aliphatic rings. The Bertz CT molecular complexity index is 399. The third-order valence-electron chi connectivity index (χ3n) is 3.06. The van der Waals surface area contributed by atoms with Crippen LogP contribution < -0.4 is 11.1 Å². The van der Waals surface area contributed by atoms with Gasteiger partial charge in [-0.2, -0.15) is 0 Å². The number of carbonyl (C=O) groups excluding carboxylic acids is 1. The highest BCUT2D eigenvalue weighted by Crippen LogP contribution is 2.17. The Morgan fingerprint density at radius 1 is 1.47 bits per heavy atom. The minimum Gasteiger partial charge on any atom is -0.369 e. The molecule has 0 aliphatic heterocycles. The van der Waals surface area contributed by atoms with E-state index in [-0.39, 0.29) is 11.9 Å². The highest BCUT2D eigenvalue weighted by atomic mass is 16.1. The Morgan fingerprint density at radius 3 is 2.65 bits per heavy atom. The largest absolute Gasteiger partial charge is 0.369 e. The van der Waals surface area contributed by atoms with E-state index in [1.165, 1.54) is 11.1 Å². The second-order valence-corrected chi connectivity index (χ2v) is 5.26. The predicted octanol–water partition coefficient (Wildman–Crippen LogP) is 2.16. The van der Waals surface area contributed by atoms with E-state index in [0.29, 0.717) is 6.54 Å². The number of nitrogens with one attached hydrogen (secondary N) is 1. The van der Waals surface area contributed by atoms with Gasteiger partial charge in [0.1, 0.15) is 0 Å². The summed E-state index contributed by atoms with van der Waals surface area (Å²) in [6.07, 6.45) is 0. The Labute approximate surface area is 103 Å². The van der Waals surface area contributed by atoms with Gasteiger partial charge in [-0.15, -0.1) is 0 Å². The lowest BCUT2D eigenvalue weighted by Crippen LogP contribution is -2.41. The van der Waals surface area contributed by atoms with Gasteiger partial charge in [-0.05, 0) is 33.3 Å². The molecule has 1 aromatic rings. The van der Waals surface area contributed by atoms with Crippen LogP contribution >= 0.6 is 0 Å². The number of primary amides is 1. The molecule has 0 heterocycles. The van der Waals surface area contributed by atoms with Crippen molar-refractivity contribution in [3.63, 3.8) is 0 Å². The average molecular weight is 234 g/mol. The molecule has 1 atom stereocenters. The highest BCUT2D eigenvalue weighted by molar-refractivity contribution is 5.80. The first-order valence-corrected chi connectivity index (χ1v) is 5.93. The summed E-state index contributed by atoms with van der Waals surface area (Å²) in [5, 5.41) is 3.35. The molecule has 0 radical (unpaired) electrons. The monoisotopic (exact) mass is 234 g/mol. The molecule has 3 heteroatoms. The lowest BCUT2D eigenvalue weighted by atomic mass is 9.92. The SMILES string of the molecule is Cc1cccc([C@@H](C)NCC(C)(C)C(N)=O)c1. The molecule has 0 saturated carbocycles. The molecule has 0 saturated heterocycles. The first kappa shape index (κ1) is 13.7. The fourth-order valence-electron chi connectivity index (χ4n) is 1.55. The van der Waals surface area contributed by atoms with E-state index < -0.39 is 5.41 Å².